The van der Waals surface area contributed by atoms with Gasteiger partial charge in [-0.1, -0.05) is 13.8 Å². The molecule has 0 radical (unpaired) electrons. The molecule has 106 valence electrons. The van der Waals surface area contributed by atoms with Crippen molar-refractivity contribution in [1.82, 2.24) is 4.98 Å². The molecule has 1 saturated heterocycles. The number of nitriles is 1. The van der Waals surface area contributed by atoms with Crippen LogP contribution in [0.25, 0.3) is 0 Å². The fourth-order valence-corrected chi connectivity index (χ4v) is 2.06. The predicted octanol–water partition coefficient (Wildman–Crippen LogP) is 2.38. The van der Waals surface area contributed by atoms with Gasteiger partial charge in [-0.05, 0) is 39.7 Å². The number of nitrogens with zero attached hydrogens (tertiary/aromatic N) is 2. The molecule has 0 aliphatic carbocycles. The van der Waals surface area contributed by atoms with Gasteiger partial charge in [-0.3, -0.25) is 4.98 Å². The number of hydrogen-bond donors (Lipinski definition) is 0. The molecule has 20 heavy (non-hydrogen) atoms. The number of aromatic nitrogens is 1. The van der Waals surface area contributed by atoms with Crippen molar-refractivity contribution in [2.24, 2.45) is 0 Å². The van der Waals surface area contributed by atoms with Gasteiger partial charge in [0, 0.05) is 17.4 Å². The molecule has 1 aliphatic heterocycles. The first kappa shape index (κ1) is 15.0. The molecule has 0 N–H and O–H groups in total. The van der Waals surface area contributed by atoms with Crippen LogP contribution in [0.15, 0.2) is 12.3 Å². The first-order valence-corrected chi connectivity index (χ1v) is 6.93. The van der Waals surface area contributed by atoms with Gasteiger partial charge in [0.25, 0.3) is 0 Å². The molecular weight excluding hydrogens is 251 g/mol. The second-order valence-corrected chi connectivity index (χ2v) is 6.55. The van der Waals surface area contributed by atoms with Crippen LogP contribution in [0, 0.1) is 11.3 Å². The maximum atomic E-state index is 9.27. The van der Waals surface area contributed by atoms with E-state index in [1.165, 1.54) is 0 Å². The predicted molar refractivity (Wildman–Crippen MR) is 78.8 cm³/mol. The molecule has 4 nitrogen and oxygen atoms in total. The highest BCUT2D eigenvalue weighted by Crippen LogP contribution is 2.36. The van der Waals surface area contributed by atoms with Crippen LogP contribution in [0.1, 0.15) is 58.7 Å². The highest BCUT2D eigenvalue weighted by Gasteiger charge is 2.52. The third-order valence-electron chi connectivity index (χ3n) is 4.18. The zero-order valence-corrected chi connectivity index (χ0v) is 13.0. The van der Waals surface area contributed by atoms with E-state index in [-0.39, 0.29) is 0 Å². The summed E-state index contributed by atoms with van der Waals surface area (Å²) in [5.41, 5.74) is 1.39. The Labute approximate surface area is 121 Å². The SMILES string of the molecule is CC(C)c1cc(B2OC(C)(C)C(C)(C)O2)c(C#N)cn1. The lowest BCUT2D eigenvalue weighted by Gasteiger charge is -2.32. The Balaban J connectivity index is 2.43. The highest BCUT2D eigenvalue weighted by molar-refractivity contribution is 6.62. The van der Waals surface area contributed by atoms with Gasteiger partial charge >= 0.3 is 7.12 Å². The number of rotatable bonds is 2. The fourth-order valence-electron chi connectivity index (χ4n) is 2.06. The van der Waals surface area contributed by atoms with Gasteiger partial charge in [-0.2, -0.15) is 5.26 Å². The van der Waals surface area contributed by atoms with Gasteiger partial charge < -0.3 is 9.31 Å². The average Bonchev–Trinajstić information content (AvgIpc) is 2.57. The lowest BCUT2D eigenvalue weighted by Crippen LogP contribution is -2.41. The molecule has 1 aromatic heterocycles. The van der Waals surface area contributed by atoms with E-state index in [0.29, 0.717) is 11.5 Å². The third kappa shape index (κ3) is 2.46. The van der Waals surface area contributed by atoms with E-state index in [1.54, 1.807) is 6.20 Å². The molecule has 1 aliphatic rings. The highest BCUT2D eigenvalue weighted by atomic mass is 16.7. The summed E-state index contributed by atoms with van der Waals surface area (Å²) >= 11 is 0. The van der Waals surface area contributed by atoms with Crippen molar-refractivity contribution in [3.63, 3.8) is 0 Å². The smallest absolute Gasteiger partial charge is 0.399 e. The molecule has 1 fully saturated rings. The molecule has 1 aromatic rings. The summed E-state index contributed by atoms with van der Waals surface area (Å²) in [6.45, 7) is 12.2. The van der Waals surface area contributed by atoms with Crippen molar-refractivity contribution < 1.29 is 9.31 Å². The van der Waals surface area contributed by atoms with Crippen LogP contribution in [0.2, 0.25) is 0 Å². The van der Waals surface area contributed by atoms with Crippen LogP contribution >= 0.6 is 0 Å². The Bertz CT molecular complexity index is 545. The molecule has 0 aromatic carbocycles. The third-order valence-corrected chi connectivity index (χ3v) is 4.18. The van der Waals surface area contributed by atoms with E-state index in [0.717, 1.165) is 11.2 Å². The van der Waals surface area contributed by atoms with E-state index in [1.807, 2.05) is 33.8 Å². The molecule has 0 bridgehead atoms. The molecule has 0 unspecified atom stereocenters. The van der Waals surface area contributed by atoms with E-state index in [9.17, 15) is 5.26 Å². The summed E-state index contributed by atoms with van der Waals surface area (Å²) in [5, 5.41) is 9.27. The number of hydrogen-bond acceptors (Lipinski definition) is 4. The fraction of sp³-hybridized carbons (Fsp3) is 0.600. The Morgan fingerprint density at radius 1 is 1.20 bits per heavy atom. The monoisotopic (exact) mass is 272 g/mol. The molecule has 2 heterocycles. The first-order chi connectivity index (χ1) is 9.18. The van der Waals surface area contributed by atoms with Gasteiger partial charge in [0.15, 0.2) is 0 Å². The quantitative estimate of drug-likeness (QED) is 0.775. The first-order valence-electron chi connectivity index (χ1n) is 6.93. The van der Waals surface area contributed by atoms with E-state index >= 15 is 0 Å². The molecule has 0 atom stereocenters. The summed E-state index contributed by atoms with van der Waals surface area (Å²) in [4.78, 5) is 4.32. The molecule has 2 rings (SSSR count). The van der Waals surface area contributed by atoms with Crippen molar-refractivity contribution in [3.05, 3.63) is 23.5 Å². The summed E-state index contributed by atoms with van der Waals surface area (Å²) in [5.74, 6) is 0.295. The lowest BCUT2D eigenvalue weighted by molar-refractivity contribution is 0.00578. The van der Waals surface area contributed by atoms with Gasteiger partial charge in [-0.15, -0.1) is 0 Å². The van der Waals surface area contributed by atoms with Crippen molar-refractivity contribution >= 4 is 12.6 Å². The number of pyridine rings is 1. The van der Waals surface area contributed by atoms with Crippen molar-refractivity contribution in [1.29, 1.82) is 5.26 Å². The zero-order valence-electron chi connectivity index (χ0n) is 13.0. The minimum absolute atomic E-state index is 0.295. The Hall–Kier alpha value is -1.38. The lowest BCUT2D eigenvalue weighted by atomic mass is 9.76. The van der Waals surface area contributed by atoms with Crippen LogP contribution in [0.5, 0.6) is 0 Å². The van der Waals surface area contributed by atoms with E-state index in [2.05, 4.69) is 24.9 Å². The van der Waals surface area contributed by atoms with Crippen LogP contribution in [0.4, 0.5) is 0 Å². The minimum Gasteiger partial charge on any atom is -0.399 e. The van der Waals surface area contributed by atoms with E-state index in [4.69, 9.17) is 9.31 Å². The van der Waals surface area contributed by atoms with Gasteiger partial charge in [0.1, 0.15) is 6.07 Å². The Kier molecular flexibility index (Phi) is 3.66. The van der Waals surface area contributed by atoms with Crippen molar-refractivity contribution in [2.75, 3.05) is 0 Å². The molecule has 0 amide bonds. The second-order valence-electron chi connectivity index (χ2n) is 6.55. The molecule has 0 spiro atoms. The molecular formula is C15H21BN2O2. The standard InChI is InChI=1S/C15H21BN2O2/c1-10(2)13-7-12(11(8-17)9-18-13)16-19-14(3,4)15(5,6)20-16/h7,9-10H,1-6H3. The van der Waals surface area contributed by atoms with Crippen molar-refractivity contribution in [3.8, 4) is 6.07 Å². The molecule has 0 saturated carbocycles. The van der Waals surface area contributed by atoms with E-state index < -0.39 is 18.3 Å². The van der Waals surface area contributed by atoms with Gasteiger partial charge in [0.05, 0.1) is 16.8 Å². The maximum Gasteiger partial charge on any atom is 0.496 e. The van der Waals surface area contributed by atoms with Gasteiger partial charge in [-0.25, -0.2) is 0 Å². The summed E-state index contributed by atoms with van der Waals surface area (Å²) in [6.07, 6.45) is 1.61. The van der Waals surface area contributed by atoms with Gasteiger partial charge in [0.2, 0.25) is 0 Å². The second kappa shape index (κ2) is 4.87. The average molecular weight is 272 g/mol. The molecule has 5 heteroatoms. The zero-order chi connectivity index (χ0) is 15.1. The van der Waals surface area contributed by atoms with Crippen molar-refractivity contribution in [2.45, 2.75) is 58.7 Å². The topological polar surface area (TPSA) is 55.1 Å². The van der Waals surface area contributed by atoms with Crippen LogP contribution in [0.3, 0.4) is 0 Å². The minimum atomic E-state index is -0.518. The normalized spacial score (nSPS) is 20.2. The maximum absolute atomic E-state index is 9.27. The largest absolute Gasteiger partial charge is 0.496 e. The Morgan fingerprint density at radius 2 is 1.75 bits per heavy atom. The summed E-state index contributed by atoms with van der Waals surface area (Å²) in [6, 6.07) is 4.09. The van der Waals surface area contributed by atoms with Crippen LogP contribution in [-0.2, 0) is 9.31 Å². The summed E-state index contributed by atoms with van der Waals surface area (Å²) < 4.78 is 12.1. The van der Waals surface area contributed by atoms with Crippen LogP contribution in [-0.4, -0.2) is 23.3 Å². The Morgan fingerprint density at radius 3 is 2.20 bits per heavy atom. The summed E-state index contributed by atoms with van der Waals surface area (Å²) in [7, 11) is -0.518. The van der Waals surface area contributed by atoms with Crippen LogP contribution < -0.4 is 5.46 Å².